The molecular weight excluding hydrogens is 369 g/mol. The van der Waals surface area contributed by atoms with Gasteiger partial charge in [0.25, 0.3) is 0 Å². The molecule has 148 valence electrons. The topological polar surface area (TPSA) is 59.2 Å². The van der Waals surface area contributed by atoms with Crippen LogP contribution in [0, 0.1) is 13.8 Å². The van der Waals surface area contributed by atoms with E-state index in [1.165, 1.54) is 0 Å². The third-order valence-electron chi connectivity index (χ3n) is 5.04. The first-order valence-corrected chi connectivity index (χ1v) is 9.27. The molecule has 0 spiro atoms. The van der Waals surface area contributed by atoms with Crippen LogP contribution in [0.5, 0.6) is 0 Å². The van der Waals surface area contributed by atoms with Gasteiger partial charge < -0.3 is 0 Å². The Morgan fingerprint density at radius 1 is 1.11 bits per heavy atom. The van der Waals surface area contributed by atoms with Crippen molar-refractivity contribution in [3.63, 3.8) is 0 Å². The second-order valence-corrected chi connectivity index (χ2v) is 7.24. The van der Waals surface area contributed by atoms with E-state index in [1.807, 2.05) is 6.92 Å². The molecule has 0 saturated carbocycles. The molecule has 4 rings (SSSR count). The lowest BCUT2D eigenvalue weighted by atomic mass is 9.99. The number of likely N-dealkylation sites (tertiary alicyclic amines) is 1. The van der Waals surface area contributed by atoms with Crippen LogP contribution in [0.15, 0.2) is 24.5 Å². The summed E-state index contributed by atoms with van der Waals surface area (Å²) in [5.74, 6) is 0.709. The smallest absolute Gasteiger partial charge is 0.290 e. The van der Waals surface area contributed by atoms with Crippen LogP contribution in [0.3, 0.4) is 0 Å². The third kappa shape index (κ3) is 3.71. The van der Waals surface area contributed by atoms with Crippen LogP contribution in [0.2, 0.25) is 0 Å². The van der Waals surface area contributed by atoms with Crippen LogP contribution in [-0.2, 0) is 12.7 Å². The molecule has 1 fully saturated rings. The quantitative estimate of drug-likeness (QED) is 0.679. The van der Waals surface area contributed by atoms with E-state index < -0.39 is 11.9 Å². The van der Waals surface area contributed by atoms with Gasteiger partial charge in [0.15, 0.2) is 5.65 Å². The average Bonchev–Trinajstić information content (AvgIpc) is 3.06. The first-order valence-electron chi connectivity index (χ1n) is 9.27. The number of rotatable bonds is 3. The molecular formula is C19H21F3N6. The molecule has 3 aromatic heterocycles. The molecule has 1 aliphatic heterocycles. The first-order chi connectivity index (χ1) is 13.3. The normalized spacial score (nSPS) is 18.7. The minimum Gasteiger partial charge on any atom is -0.290 e. The van der Waals surface area contributed by atoms with Gasteiger partial charge in [-0.25, -0.2) is 19.5 Å². The van der Waals surface area contributed by atoms with E-state index in [0.29, 0.717) is 23.8 Å². The molecule has 9 heteroatoms. The van der Waals surface area contributed by atoms with Gasteiger partial charge in [-0.3, -0.25) is 4.90 Å². The van der Waals surface area contributed by atoms with Crippen molar-refractivity contribution in [2.24, 2.45) is 0 Å². The number of hydrogen-bond donors (Lipinski definition) is 0. The van der Waals surface area contributed by atoms with E-state index >= 15 is 0 Å². The Kier molecular flexibility index (Phi) is 4.78. The minimum atomic E-state index is -4.49. The molecule has 0 aliphatic carbocycles. The van der Waals surface area contributed by atoms with Gasteiger partial charge in [0.05, 0.1) is 11.7 Å². The summed E-state index contributed by atoms with van der Waals surface area (Å²) in [5.41, 5.74) is 1.35. The van der Waals surface area contributed by atoms with Crippen LogP contribution >= 0.6 is 0 Å². The van der Waals surface area contributed by atoms with Gasteiger partial charge in [-0.1, -0.05) is 6.42 Å². The van der Waals surface area contributed by atoms with E-state index in [2.05, 4.69) is 25.0 Å². The van der Waals surface area contributed by atoms with E-state index in [0.717, 1.165) is 42.0 Å². The summed E-state index contributed by atoms with van der Waals surface area (Å²) in [6, 6.07) is 2.65. The lowest BCUT2D eigenvalue weighted by Crippen LogP contribution is -2.33. The summed E-state index contributed by atoms with van der Waals surface area (Å²) in [6.07, 6.45) is 2.01. The van der Waals surface area contributed by atoms with Crippen LogP contribution in [0.1, 0.15) is 53.8 Å². The number of halogens is 3. The Labute approximate surface area is 160 Å². The largest absolute Gasteiger partial charge is 0.433 e. The summed E-state index contributed by atoms with van der Waals surface area (Å²) in [5, 5.41) is 4.31. The van der Waals surface area contributed by atoms with Crippen molar-refractivity contribution in [1.29, 1.82) is 0 Å². The van der Waals surface area contributed by atoms with E-state index in [4.69, 9.17) is 0 Å². The predicted octanol–water partition coefficient (Wildman–Crippen LogP) is 3.88. The highest BCUT2D eigenvalue weighted by Gasteiger charge is 2.36. The zero-order valence-corrected chi connectivity index (χ0v) is 15.7. The highest BCUT2D eigenvalue weighted by atomic mass is 19.4. The number of alkyl halides is 3. The summed E-state index contributed by atoms with van der Waals surface area (Å²) in [4.78, 5) is 14.9. The van der Waals surface area contributed by atoms with Gasteiger partial charge >= 0.3 is 6.18 Å². The average molecular weight is 390 g/mol. The van der Waals surface area contributed by atoms with Crippen molar-refractivity contribution in [3.05, 3.63) is 53.0 Å². The van der Waals surface area contributed by atoms with Crippen molar-refractivity contribution in [3.8, 4) is 0 Å². The highest BCUT2D eigenvalue weighted by molar-refractivity contribution is 5.43. The standard InChI is InChI=1S/C19H21F3N6/c1-12-7-17(19(20,21)22)28-18(25-12)8-15(26-28)16-5-3-4-6-27(16)11-14-9-23-13(2)24-10-14/h7-10,16H,3-6,11H2,1-2H3. The van der Waals surface area contributed by atoms with Gasteiger partial charge in [-0.15, -0.1) is 0 Å². The van der Waals surface area contributed by atoms with E-state index in [1.54, 1.807) is 25.4 Å². The summed E-state index contributed by atoms with van der Waals surface area (Å²) < 4.78 is 41.2. The number of piperidine rings is 1. The van der Waals surface area contributed by atoms with Gasteiger partial charge in [0.1, 0.15) is 11.5 Å². The molecule has 0 bridgehead atoms. The summed E-state index contributed by atoms with van der Waals surface area (Å²) in [6.45, 7) is 4.88. The second-order valence-electron chi connectivity index (χ2n) is 7.24. The maximum atomic E-state index is 13.4. The van der Waals surface area contributed by atoms with Crippen LogP contribution in [0.25, 0.3) is 5.65 Å². The van der Waals surface area contributed by atoms with Crippen LogP contribution in [-0.4, -0.2) is 36.0 Å². The molecule has 0 N–H and O–H groups in total. The molecule has 0 amide bonds. The van der Waals surface area contributed by atoms with Gasteiger partial charge in [0.2, 0.25) is 0 Å². The van der Waals surface area contributed by atoms with Gasteiger partial charge in [-0.2, -0.15) is 18.3 Å². The Bertz CT molecular complexity index is 980. The predicted molar refractivity (Wildman–Crippen MR) is 96.5 cm³/mol. The van der Waals surface area contributed by atoms with Crippen LogP contribution < -0.4 is 0 Å². The molecule has 1 atom stereocenters. The summed E-state index contributed by atoms with van der Waals surface area (Å²) >= 11 is 0. The van der Waals surface area contributed by atoms with Crippen molar-refractivity contribution in [2.45, 2.75) is 51.9 Å². The van der Waals surface area contributed by atoms with Crippen molar-refractivity contribution < 1.29 is 13.2 Å². The number of aromatic nitrogens is 5. The van der Waals surface area contributed by atoms with E-state index in [9.17, 15) is 13.2 Å². The fourth-order valence-electron chi connectivity index (χ4n) is 3.73. The number of nitrogens with zero attached hydrogens (tertiary/aromatic N) is 6. The number of aryl methyl sites for hydroxylation is 2. The molecule has 1 aliphatic rings. The molecule has 1 saturated heterocycles. The van der Waals surface area contributed by atoms with Gasteiger partial charge in [0, 0.05) is 36.3 Å². The van der Waals surface area contributed by atoms with Gasteiger partial charge in [-0.05, 0) is 39.3 Å². The maximum Gasteiger partial charge on any atom is 0.433 e. The first kappa shape index (κ1) is 18.8. The second kappa shape index (κ2) is 7.12. The molecule has 0 aromatic carbocycles. The summed E-state index contributed by atoms with van der Waals surface area (Å²) in [7, 11) is 0. The molecule has 6 nitrogen and oxygen atoms in total. The Morgan fingerprint density at radius 2 is 1.86 bits per heavy atom. The number of hydrogen-bond acceptors (Lipinski definition) is 5. The molecule has 3 aromatic rings. The SMILES string of the molecule is Cc1cc(C(F)(F)F)n2nc(C3CCCCN3Cc3cnc(C)nc3)cc2n1. The Hall–Kier alpha value is -2.55. The maximum absolute atomic E-state index is 13.4. The third-order valence-corrected chi connectivity index (χ3v) is 5.04. The minimum absolute atomic E-state index is 0.0573. The lowest BCUT2D eigenvalue weighted by molar-refractivity contribution is -0.142. The monoisotopic (exact) mass is 390 g/mol. The van der Waals surface area contributed by atoms with Crippen LogP contribution in [0.4, 0.5) is 13.2 Å². The molecule has 28 heavy (non-hydrogen) atoms. The van der Waals surface area contributed by atoms with Crippen molar-refractivity contribution in [2.75, 3.05) is 6.54 Å². The lowest BCUT2D eigenvalue weighted by Gasteiger charge is -2.34. The fraction of sp³-hybridized carbons (Fsp3) is 0.474. The molecule has 0 radical (unpaired) electrons. The fourth-order valence-corrected chi connectivity index (χ4v) is 3.73. The molecule has 4 heterocycles. The Morgan fingerprint density at radius 3 is 2.57 bits per heavy atom. The highest BCUT2D eigenvalue weighted by Crippen LogP contribution is 2.34. The van der Waals surface area contributed by atoms with Crippen molar-refractivity contribution >= 4 is 5.65 Å². The van der Waals surface area contributed by atoms with E-state index in [-0.39, 0.29) is 11.7 Å². The number of fused-ring (bicyclic) bond motifs is 1. The zero-order valence-electron chi connectivity index (χ0n) is 15.7. The zero-order chi connectivity index (χ0) is 19.9. The van der Waals surface area contributed by atoms with Crippen molar-refractivity contribution in [1.82, 2.24) is 29.5 Å². The molecule has 1 unspecified atom stereocenters. The Balaban J connectivity index is 1.69.